The van der Waals surface area contributed by atoms with E-state index in [1.54, 1.807) is 6.20 Å². The molecule has 1 aliphatic rings. The van der Waals surface area contributed by atoms with Crippen molar-refractivity contribution >= 4 is 11.8 Å². The number of carbonyl (C=O) groups is 1. The normalized spacial score (nSPS) is 14.1. The summed E-state index contributed by atoms with van der Waals surface area (Å²) in [5, 5.41) is 12.1. The maximum absolute atomic E-state index is 10.5. The first-order chi connectivity index (χ1) is 10.2. The summed E-state index contributed by atoms with van der Waals surface area (Å²) in [6.07, 6.45) is 5.31. The molecule has 0 amide bonds. The third kappa shape index (κ3) is 3.42. The fourth-order valence-electron chi connectivity index (χ4n) is 2.85. The van der Waals surface area contributed by atoms with Crippen molar-refractivity contribution in [2.75, 3.05) is 5.32 Å². The maximum Gasteiger partial charge on any atom is 0.303 e. The standard InChI is InChI=1S/C16H19N3O2/c20-16(21)7-3-6-14-17-10-15(19-14)18-13-8-11-4-1-2-5-12(11)9-13/h1-2,4-5,10,13,18H,3,6-9H2,(H,17,19)(H,20,21). The average molecular weight is 285 g/mol. The van der Waals surface area contributed by atoms with Gasteiger partial charge in [-0.05, 0) is 30.4 Å². The molecule has 0 spiro atoms. The number of aromatic amines is 1. The van der Waals surface area contributed by atoms with E-state index in [2.05, 4.69) is 39.6 Å². The molecule has 5 nitrogen and oxygen atoms in total. The molecule has 0 aliphatic heterocycles. The summed E-state index contributed by atoms with van der Waals surface area (Å²) < 4.78 is 0. The predicted octanol–water partition coefficient (Wildman–Crippen LogP) is 2.40. The van der Waals surface area contributed by atoms with Gasteiger partial charge < -0.3 is 15.4 Å². The van der Waals surface area contributed by atoms with E-state index < -0.39 is 5.97 Å². The first-order valence-electron chi connectivity index (χ1n) is 7.29. The Balaban J connectivity index is 1.53. The number of benzene rings is 1. The first-order valence-corrected chi connectivity index (χ1v) is 7.29. The number of carboxylic acids is 1. The fraction of sp³-hybridized carbons (Fsp3) is 0.375. The van der Waals surface area contributed by atoms with E-state index in [1.165, 1.54) is 11.1 Å². The minimum Gasteiger partial charge on any atom is -0.481 e. The smallest absolute Gasteiger partial charge is 0.303 e. The number of nitrogens with zero attached hydrogens (tertiary/aromatic N) is 1. The van der Waals surface area contributed by atoms with E-state index in [-0.39, 0.29) is 6.42 Å². The Hall–Kier alpha value is -2.30. The Labute approximate surface area is 123 Å². The zero-order chi connectivity index (χ0) is 14.7. The molecule has 3 N–H and O–H groups in total. The number of aryl methyl sites for hydroxylation is 1. The molecule has 3 rings (SSSR count). The number of aliphatic carboxylic acids is 1. The lowest BCUT2D eigenvalue weighted by molar-refractivity contribution is -0.137. The van der Waals surface area contributed by atoms with Gasteiger partial charge in [0.1, 0.15) is 11.6 Å². The minimum absolute atomic E-state index is 0.182. The van der Waals surface area contributed by atoms with Gasteiger partial charge in [-0.15, -0.1) is 0 Å². The van der Waals surface area contributed by atoms with Crippen LogP contribution in [-0.2, 0) is 24.1 Å². The number of aromatic nitrogens is 2. The van der Waals surface area contributed by atoms with Crippen LogP contribution in [0.5, 0.6) is 0 Å². The second kappa shape index (κ2) is 5.99. The number of fused-ring (bicyclic) bond motifs is 1. The lowest BCUT2D eigenvalue weighted by Gasteiger charge is -2.10. The molecule has 2 aromatic rings. The number of rotatable bonds is 6. The Morgan fingerprint density at radius 2 is 2.05 bits per heavy atom. The highest BCUT2D eigenvalue weighted by atomic mass is 16.4. The first kappa shape index (κ1) is 13.7. The third-order valence-corrected chi connectivity index (χ3v) is 3.84. The fourth-order valence-corrected chi connectivity index (χ4v) is 2.85. The molecule has 0 saturated heterocycles. The van der Waals surface area contributed by atoms with E-state index in [4.69, 9.17) is 5.11 Å². The summed E-state index contributed by atoms with van der Waals surface area (Å²) in [4.78, 5) is 18.0. The van der Waals surface area contributed by atoms with Crippen LogP contribution in [0.25, 0.3) is 0 Å². The molecule has 21 heavy (non-hydrogen) atoms. The maximum atomic E-state index is 10.5. The Morgan fingerprint density at radius 3 is 2.71 bits per heavy atom. The van der Waals surface area contributed by atoms with Crippen molar-refractivity contribution in [1.82, 2.24) is 9.97 Å². The highest BCUT2D eigenvalue weighted by Crippen LogP contribution is 2.23. The van der Waals surface area contributed by atoms with Crippen LogP contribution in [0.2, 0.25) is 0 Å². The molecule has 0 unspecified atom stereocenters. The number of anilines is 1. The molecule has 0 atom stereocenters. The number of nitrogens with one attached hydrogen (secondary N) is 2. The number of hydrogen-bond donors (Lipinski definition) is 3. The summed E-state index contributed by atoms with van der Waals surface area (Å²) in [6.45, 7) is 0. The zero-order valence-corrected chi connectivity index (χ0v) is 11.8. The summed E-state index contributed by atoms with van der Waals surface area (Å²) in [7, 11) is 0. The molecule has 110 valence electrons. The van der Waals surface area contributed by atoms with Gasteiger partial charge in [-0.1, -0.05) is 24.3 Å². The SMILES string of the molecule is O=C(O)CCCc1ncc(NC2Cc3ccccc3C2)[nH]1. The van der Waals surface area contributed by atoms with E-state index in [1.807, 2.05) is 0 Å². The van der Waals surface area contributed by atoms with Gasteiger partial charge in [0.15, 0.2) is 0 Å². The van der Waals surface area contributed by atoms with E-state index >= 15 is 0 Å². The molecule has 1 aromatic heterocycles. The van der Waals surface area contributed by atoms with E-state index in [0.29, 0.717) is 18.9 Å². The minimum atomic E-state index is -0.761. The molecule has 1 aromatic carbocycles. The van der Waals surface area contributed by atoms with Crippen LogP contribution >= 0.6 is 0 Å². The van der Waals surface area contributed by atoms with Crippen molar-refractivity contribution in [1.29, 1.82) is 0 Å². The van der Waals surface area contributed by atoms with Crippen molar-refractivity contribution in [3.8, 4) is 0 Å². The van der Waals surface area contributed by atoms with Crippen molar-refractivity contribution in [3.63, 3.8) is 0 Å². The number of hydrogen-bond acceptors (Lipinski definition) is 3. The topological polar surface area (TPSA) is 78.0 Å². The Bertz CT molecular complexity index is 611. The van der Waals surface area contributed by atoms with Crippen LogP contribution in [0, 0.1) is 0 Å². The second-order valence-electron chi connectivity index (χ2n) is 5.51. The van der Waals surface area contributed by atoms with Gasteiger partial charge in [-0.3, -0.25) is 4.79 Å². The summed E-state index contributed by atoms with van der Waals surface area (Å²) in [6, 6.07) is 8.92. The highest BCUT2D eigenvalue weighted by molar-refractivity contribution is 5.66. The monoisotopic (exact) mass is 285 g/mol. The van der Waals surface area contributed by atoms with Crippen molar-refractivity contribution in [2.24, 2.45) is 0 Å². The van der Waals surface area contributed by atoms with Crippen LogP contribution in [0.15, 0.2) is 30.5 Å². The van der Waals surface area contributed by atoms with E-state index in [9.17, 15) is 4.79 Å². The second-order valence-corrected chi connectivity index (χ2v) is 5.51. The van der Waals surface area contributed by atoms with Gasteiger partial charge in [-0.25, -0.2) is 4.98 Å². The molecular weight excluding hydrogens is 266 g/mol. The molecule has 0 bridgehead atoms. The van der Waals surface area contributed by atoms with E-state index in [0.717, 1.165) is 24.5 Å². The molecule has 0 saturated carbocycles. The lowest BCUT2D eigenvalue weighted by Crippen LogP contribution is -2.19. The van der Waals surface area contributed by atoms with Crippen molar-refractivity contribution in [3.05, 3.63) is 47.4 Å². The van der Waals surface area contributed by atoms with Crippen LogP contribution in [-0.4, -0.2) is 27.1 Å². The van der Waals surface area contributed by atoms with Crippen LogP contribution < -0.4 is 5.32 Å². The molecule has 0 radical (unpaired) electrons. The van der Waals surface area contributed by atoms with Crippen molar-refractivity contribution in [2.45, 2.75) is 38.1 Å². The van der Waals surface area contributed by atoms with Gasteiger partial charge in [0.2, 0.25) is 0 Å². The van der Waals surface area contributed by atoms with Crippen LogP contribution in [0.4, 0.5) is 5.82 Å². The molecule has 1 heterocycles. The Morgan fingerprint density at radius 1 is 1.33 bits per heavy atom. The lowest BCUT2D eigenvalue weighted by atomic mass is 10.1. The third-order valence-electron chi connectivity index (χ3n) is 3.84. The van der Waals surface area contributed by atoms with Crippen LogP contribution in [0.3, 0.4) is 0 Å². The number of H-pyrrole nitrogens is 1. The largest absolute Gasteiger partial charge is 0.481 e. The van der Waals surface area contributed by atoms with Crippen LogP contribution in [0.1, 0.15) is 29.8 Å². The number of carboxylic acid groups (broad SMARTS) is 1. The molecule has 5 heteroatoms. The molecule has 1 aliphatic carbocycles. The average Bonchev–Trinajstić information content (AvgIpc) is 3.04. The van der Waals surface area contributed by atoms with Crippen molar-refractivity contribution < 1.29 is 9.90 Å². The summed E-state index contributed by atoms with van der Waals surface area (Å²) in [5.74, 6) is 0.996. The molecular formula is C16H19N3O2. The van der Waals surface area contributed by atoms with Gasteiger partial charge in [0, 0.05) is 18.9 Å². The zero-order valence-electron chi connectivity index (χ0n) is 11.8. The Kier molecular flexibility index (Phi) is 3.90. The summed E-state index contributed by atoms with van der Waals surface area (Å²) in [5.41, 5.74) is 2.83. The van der Waals surface area contributed by atoms with Gasteiger partial charge in [-0.2, -0.15) is 0 Å². The molecule has 0 fully saturated rings. The van der Waals surface area contributed by atoms with Gasteiger partial charge in [0.05, 0.1) is 6.20 Å². The number of imidazole rings is 1. The predicted molar refractivity (Wildman–Crippen MR) is 80.4 cm³/mol. The van der Waals surface area contributed by atoms with Gasteiger partial charge in [0.25, 0.3) is 0 Å². The highest BCUT2D eigenvalue weighted by Gasteiger charge is 2.21. The van der Waals surface area contributed by atoms with Gasteiger partial charge >= 0.3 is 5.97 Å². The quantitative estimate of drug-likeness (QED) is 0.761. The summed E-state index contributed by atoms with van der Waals surface area (Å²) >= 11 is 0.